The van der Waals surface area contributed by atoms with Gasteiger partial charge < -0.3 is 24.0 Å². The van der Waals surface area contributed by atoms with Gasteiger partial charge >= 0.3 is 19.8 Å². The average molecular weight is 775 g/mol. The van der Waals surface area contributed by atoms with Crippen LogP contribution in [0.5, 0.6) is 0 Å². The minimum atomic E-state index is -4.78. The van der Waals surface area contributed by atoms with E-state index >= 15 is 0 Å². The molecule has 1 aliphatic heterocycles. The van der Waals surface area contributed by atoms with Crippen LogP contribution in [0.2, 0.25) is 0 Å². The molecule has 306 valence electrons. The molecule has 0 aromatic heterocycles. The Bertz CT molecular complexity index is 1210. The van der Waals surface area contributed by atoms with Crippen LogP contribution in [0.4, 0.5) is 0 Å². The Morgan fingerprint density at radius 2 is 1.09 bits per heavy atom. The van der Waals surface area contributed by atoms with Gasteiger partial charge in [-0.1, -0.05) is 137 Å². The van der Waals surface area contributed by atoms with E-state index in [1.165, 1.54) is 25.7 Å². The lowest BCUT2D eigenvalue weighted by atomic mass is 10.1. The molecule has 1 aliphatic rings. The third-order valence-electron chi connectivity index (χ3n) is 8.56. The molecule has 0 saturated carbocycles. The molecule has 0 aliphatic carbocycles. The van der Waals surface area contributed by atoms with Crippen LogP contribution in [0.3, 0.4) is 0 Å². The summed E-state index contributed by atoms with van der Waals surface area (Å²) in [6.45, 7) is 3.45. The number of phosphoric acid groups is 1. The summed E-state index contributed by atoms with van der Waals surface area (Å²) >= 11 is 0. The molecule has 1 heterocycles. The summed E-state index contributed by atoms with van der Waals surface area (Å²) in [5, 5.41) is 0. The molecule has 0 aromatic rings. The lowest BCUT2D eigenvalue weighted by Crippen LogP contribution is -2.29. The smallest absolute Gasteiger partial charge is 0.462 e. The van der Waals surface area contributed by atoms with E-state index in [4.69, 9.17) is 24.0 Å². The van der Waals surface area contributed by atoms with Gasteiger partial charge in [0.15, 0.2) is 6.10 Å². The third kappa shape index (κ3) is 33.7. The monoisotopic (exact) mass is 774 g/mol. The van der Waals surface area contributed by atoms with Crippen LogP contribution >= 0.6 is 7.82 Å². The van der Waals surface area contributed by atoms with Gasteiger partial charge in [-0.2, -0.15) is 0 Å². The quantitative estimate of drug-likeness (QED) is 0.0212. The van der Waals surface area contributed by atoms with Gasteiger partial charge in [-0.05, 0) is 83.5 Å². The van der Waals surface area contributed by atoms with Crippen LogP contribution in [0.25, 0.3) is 0 Å². The molecule has 54 heavy (non-hydrogen) atoms. The van der Waals surface area contributed by atoms with Crippen molar-refractivity contribution >= 4 is 19.8 Å². The van der Waals surface area contributed by atoms with Crippen molar-refractivity contribution in [1.29, 1.82) is 0 Å². The first-order valence-electron chi connectivity index (χ1n) is 20.5. The van der Waals surface area contributed by atoms with Crippen molar-refractivity contribution in [3.8, 4) is 0 Å². The molecule has 0 bridgehead atoms. The highest BCUT2D eigenvalue weighted by Gasteiger charge is 2.35. The topological polar surface area (TPSA) is 132 Å². The van der Waals surface area contributed by atoms with Gasteiger partial charge in [-0.15, -0.1) is 0 Å². The summed E-state index contributed by atoms with van der Waals surface area (Å²) in [6.07, 6.45) is 49.2. The number of hydrogen-bond acceptors (Lipinski definition) is 7. The van der Waals surface area contributed by atoms with Crippen molar-refractivity contribution in [2.45, 2.75) is 167 Å². The van der Waals surface area contributed by atoms with Crippen LogP contribution in [-0.2, 0) is 32.9 Å². The highest BCUT2D eigenvalue weighted by molar-refractivity contribution is 7.46. The van der Waals surface area contributed by atoms with E-state index in [1.807, 2.05) is 12.2 Å². The van der Waals surface area contributed by atoms with Gasteiger partial charge in [0.2, 0.25) is 0 Å². The second-order valence-electron chi connectivity index (χ2n) is 13.6. The van der Waals surface area contributed by atoms with Crippen molar-refractivity contribution in [2.75, 3.05) is 13.2 Å². The molecule has 0 spiro atoms. The molecule has 1 rings (SSSR count). The van der Waals surface area contributed by atoms with Crippen molar-refractivity contribution in [1.82, 2.24) is 0 Å². The number of esters is 2. The Hall–Kier alpha value is -2.81. The number of phosphoric ester groups is 1. The standard InChI is InChI=1S/C44H71O9P/c1-3-5-7-8-9-10-11-12-13-14-15-20-23-26-29-33-37-44(46)52-40(39-51-54(47,48)49)38-50-43(45)36-32-28-25-22-19-17-16-18-21-24-27-31-35-42-41(53-42)34-30-6-4-2/h6,9-10,12-13,17-19,21,25,27-28,30-31,40-42H,3-5,7-8,11,14-16,20,22-24,26,29,32-39H2,1-2H3,(H2,47,48,49)/b10-9-,13-12-,19-17-,21-18-,28-25-,30-6-,31-27-/t40-,41?,42?/m1/s1. The van der Waals surface area contributed by atoms with Crippen molar-refractivity contribution < 1.29 is 42.7 Å². The normalized spacial score (nSPS) is 17.1. The third-order valence-corrected chi connectivity index (χ3v) is 9.05. The maximum absolute atomic E-state index is 12.4. The number of allylic oxidation sites excluding steroid dienone is 12. The van der Waals surface area contributed by atoms with E-state index < -0.39 is 32.5 Å². The first-order chi connectivity index (χ1) is 26.2. The zero-order valence-electron chi connectivity index (χ0n) is 33.3. The van der Waals surface area contributed by atoms with Crippen molar-refractivity contribution in [2.24, 2.45) is 0 Å². The largest absolute Gasteiger partial charge is 0.469 e. The summed E-state index contributed by atoms with van der Waals surface area (Å²) in [7, 11) is -4.78. The minimum absolute atomic E-state index is 0.132. The molecular formula is C44H71O9P. The summed E-state index contributed by atoms with van der Waals surface area (Å²) in [5.74, 6) is -1.01. The Labute approximate surface area is 327 Å². The van der Waals surface area contributed by atoms with E-state index in [0.29, 0.717) is 25.0 Å². The van der Waals surface area contributed by atoms with E-state index in [9.17, 15) is 14.2 Å². The first-order valence-corrected chi connectivity index (χ1v) is 22.0. The first kappa shape index (κ1) is 49.2. The van der Waals surface area contributed by atoms with Crippen LogP contribution in [0.15, 0.2) is 85.1 Å². The summed E-state index contributed by atoms with van der Waals surface area (Å²) in [4.78, 5) is 42.8. The molecule has 1 fully saturated rings. The average Bonchev–Trinajstić information content (AvgIpc) is 3.90. The van der Waals surface area contributed by atoms with E-state index in [1.54, 1.807) is 0 Å². The van der Waals surface area contributed by atoms with Crippen LogP contribution in [0.1, 0.15) is 149 Å². The maximum Gasteiger partial charge on any atom is 0.469 e. The number of rotatable bonds is 35. The van der Waals surface area contributed by atoms with E-state index in [-0.39, 0.29) is 19.4 Å². The van der Waals surface area contributed by atoms with Gasteiger partial charge in [0.25, 0.3) is 0 Å². The number of carbonyl (C=O) groups excluding carboxylic acids is 2. The molecule has 2 N–H and O–H groups in total. The fourth-order valence-corrected chi connectivity index (χ4v) is 5.77. The SMILES string of the molecule is CC/C=C\CC1OC1C/C=C\C/C=C\C/C=C\C/C=C\CCC(=O)OC[C@H](COP(=O)(O)O)OC(=O)CCCCCCCC/C=C\C/C=C\CCCCC. The predicted molar refractivity (Wildman–Crippen MR) is 220 cm³/mol. The molecular weight excluding hydrogens is 703 g/mol. The predicted octanol–water partition coefficient (Wildman–Crippen LogP) is 11.4. The highest BCUT2D eigenvalue weighted by Crippen LogP contribution is 2.36. The summed E-state index contributed by atoms with van der Waals surface area (Å²) < 4.78 is 32.0. The fourth-order valence-electron chi connectivity index (χ4n) is 5.41. The molecule has 0 radical (unpaired) electrons. The minimum Gasteiger partial charge on any atom is -0.462 e. The molecule has 9 nitrogen and oxygen atoms in total. The maximum atomic E-state index is 12.4. The van der Waals surface area contributed by atoms with Crippen LogP contribution in [-0.4, -0.2) is 53.3 Å². The lowest BCUT2D eigenvalue weighted by Gasteiger charge is -2.18. The Morgan fingerprint density at radius 3 is 1.67 bits per heavy atom. The Kier molecular flexibility index (Phi) is 31.6. The molecule has 0 amide bonds. The lowest BCUT2D eigenvalue weighted by molar-refractivity contribution is -0.161. The van der Waals surface area contributed by atoms with Gasteiger partial charge in [0.1, 0.15) is 6.61 Å². The molecule has 10 heteroatoms. The van der Waals surface area contributed by atoms with Gasteiger partial charge in [-0.25, -0.2) is 4.57 Å². The summed E-state index contributed by atoms with van der Waals surface area (Å²) in [5.41, 5.74) is 0. The summed E-state index contributed by atoms with van der Waals surface area (Å²) in [6, 6.07) is 0. The van der Waals surface area contributed by atoms with E-state index in [0.717, 1.165) is 83.5 Å². The van der Waals surface area contributed by atoms with Gasteiger partial charge in [0, 0.05) is 12.8 Å². The molecule has 2 unspecified atom stereocenters. The second kappa shape index (κ2) is 34.7. The van der Waals surface area contributed by atoms with Gasteiger partial charge in [-0.3, -0.25) is 14.1 Å². The van der Waals surface area contributed by atoms with Crippen molar-refractivity contribution in [3.63, 3.8) is 0 Å². The number of epoxide rings is 1. The Balaban J connectivity index is 2.13. The molecule has 3 atom stereocenters. The number of unbranched alkanes of at least 4 members (excludes halogenated alkanes) is 9. The van der Waals surface area contributed by atoms with Crippen LogP contribution < -0.4 is 0 Å². The zero-order chi connectivity index (χ0) is 39.4. The van der Waals surface area contributed by atoms with Gasteiger partial charge in [0.05, 0.1) is 18.8 Å². The molecule has 0 aromatic carbocycles. The second-order valence-corrected chi connectivity index (χ2v) is 14.9. The Morgan fingerprint density at radius 1 is 0.593 bits per heavy atom. The fraction of sp³-hybridized carbons (Fsp3) is 0.636. The number of carbonyl (C=O) groups is 2. The van der Waals surface area contributed by atoms with Crippen molar-refractivity contribution in [3.05, 3.63) is 85.1 Å². The zero-order valence-corrected chi connectivity index (χ0v) is 34.2. The van der Waals surface area contributed by atoms with Crippen LogP contribution in [0, 0.1) is 0 Å². The number of ether oxygens (including phenoxy) is 3. The number of hydrogen-bond donors (Lipinski definition) is 2. The van der Waals surface area contributed by atoms with E-state index in [2.05, 4.69) is 91.3 Å². The highest BCUT2D eigenvalue weighted by atomic mass is 31.2. The molecule has 1 saturated heterocycles.